The number of H-pyrrole nitrogens is 1. The van der Waals surface area contributed by atoms with Crippen molar-refractivity contribution in [3.8, 4) is 0 Å². The summed E-state index contributed by atoms with van der Waals surface area (Å²) in [4.78, 5) is 9.08. The molecule has 0 aliphatic heterocycles. The molecule has 20 heavy (non-hydrogen) atoms. The highest BCUT2D eigenvalue weighted by atomic mass is 32.1. The Morgan fingerprint density at radius 2 is 2.15 bits per heavy atom. The average molecular weight is 287 g/mol. The van der Waals surface area contributed by atoms with Crippen molar-refractivity contribution >= 4 is 22.4 Å². The Morgan fingerprint density at radius 1 is 1.20 bits per heavy atom. The summed E-state index contributed by atoms with van der Waals surface area (Å²) in [5, 5.41) is 5.45. The lowest BCUT2D eigenvalue weighted by Gasteiger charge is -2.03. The average Bonchev–Trinajstić information content (AvgIpc) is 3.11. The van der Waals surface area contributed by atoms with E-state index < -0.39 is 0 Å². The van der Waals surface area contributed by atoms with Gasteiger partial charge in [0.25, 0.3) is 0 Å². The third-order valence-electron chi connectivity index (χ3n) is 2.98. The van der Waals surface area contributed by atoms with E-state index in [4.69, 9.17) is 4.74 Å². The van der Waals surface area contributed by atoms with Gasteiger partial charge >= 0.3 is 0 Å². The number of nitrogens with one attached hydrogen (secondary N) is 2. The molecule has 1 aromatic carbocycles. The lowest BCUT2D eigenvalue weighted by Crippen LogP contribution is -2.18. The molecule has 0 spiro atoms. The standard InChI is InChI=1S/C15H17N3OS/c1-2-6-14-13(5-1)17-15(18-14)11-19-8-7-16-10-12-4-3-9-20-12/h1-6,9,16H,7-8,10-11H2,(H,17,18). The SMILES string of the molecule is c1csc(CNCCOCc2nc3ccccc3[nH]2)c1. The van der Waals surface area contributed by atoms with E-state index in [0.29, 0.717) is 13.2 Å². The summed E-state index contributed by atoms with van der Waals surface area (Å²) in [6, 6.07) is 12.2. The molecule has 3 rings (SSSR count). The van der Waals surface area contributed by atoms with Crippen LogP contribution >= 0.6 is 11.3 Å². The van der Waals surface area contributed by atoms with Crippen LogP contribution in [0, 0.1) is 0 Å². The third-order valence-corrected chi connectivity index (χ3v) is 3.86. The molecule has 0 aliphatic rings. The van der Waals surface area contributed by atoms with Gasteiger partial charge < -0.3 is 15.0 Å². The molecule has 4 nitrogen and oxygen atoms in total. The van der Waals surface area contributed by atoms with Crippen molar-refractivity contribution in [3.05, 3.63) is 52.5 Å². The Kier molecular flexibility index (Phi) is 4.42. The lowest BCUT2D eigenvalue weighted by atomic mass is 10.3. The van der Waals surface area contributed by atoms with Gasteiger partial charge in [-0.2, -0.15) is 0 Å². The Labute approximate surface area is 121 Å². The fourth-order valence-corrected chi connectivity index (χ4v) is 2.69. The predicted octanol–water partition coefficient (Wildman–Crippen LogP) is 2.93. The Morgan fingerprint density at radius 3 is 3.00 bits per heavy atom. The monoisotopic (exact) mass is 287 g/mol. The number of aromatic amines is 1. The number of fused-ring (bicyclic) bond motifs is 1. The first-order chi connectivity index (χ1) is 9.92. The molecule has 0 unspecified atom stereocenters. The minimum absolute atomic E-state index is 0.523. The second kappa shape index (κ2) is 6.65. The molecule has 104 valence electrons. The first kappa shape index (κ1) is 13.3. The Bertz CT molecular complexity index is 615. The van der Waals surface area contributed by atoms with Crippen LogP contribution in [0.3, 0.4) is 0 Å². The van der Waals surface area contributed by atoms with Crippen LogP contribution in [0.15, 0.2) is 41.8 Å². The van der Waals surface area contributed by atoms with Gasteiger partial charge in [0.05, 0.1) is 17.6 Å². The van der Waals surface area contributed by atoms with Crippen LogP contribution in [0.25, 0.3) is 11.0 Å². The largest absolute Gasteiger partial charge is 0.372 e. The molecule has 0 fully saturated rings. The molecule has 0 saturated heterocycles. The molecule has 5 heteroatoms. The number of hydrogen-bond donors (Lipinski definition) is 2. The van der Waals surface area contributed by atoms with Crippen LogP contribution < -0.4 is 5.32 Å². The zero-order chi connectivity index (χ0) is 13.6. The lowest BCUT2D eigenvalue weighted by molar-refractivity contribution is 0.118. The molecular formula is C15H17N3OS. The molecule has 0 atom stereocenters. The first-order valence-corrected chi connectivity index (χ1v) is 7.54. The van der Waals surface area contributed by atoms with Crippen molar-refractivity contribution in [2.75, 3.05) is 13.2 Å². The highest BCUT2D eigenvalue weighted by Crippen LogP contribution is 2.10. The van der Waals surface area contributed by atoms with E-state index in [-0.39, 0.29) is 0 Å². The maximum Gasteiger partial charge on any atom is 0.133 e. The van der Waals surface area contributed by atoms with Crippen LogP contribution in [0.5, 0.6) is 0 Å². The second-order valence-corrected chi connectivity index (χ2v) is 5.54. The van der Waals surface area contributed by atoms with Gasteiger partial charge in [-0.25, -0.2) is 4.98 Å². The highest BCUT2D eigenvalue weighted by Gasteiger charge is 2.01. The van der Waals surface area contributed by atoms with Gasteiger partial charge in [0.15, 0.2) is 0 Å². The molecule has 2 aromatic heterocycles. The molecule has 0 radical (unpaired) electrons. The predicted molar refractivity (Wildman–Crippen MR) is 81.8 cm³/mol. The molecule has 0 bridgehead atoms. The van der Waals surface area contributed by atoms with Gasteiger partial charge in [0.2, 0.25) is 0 Å². The number of aromatic nitrogens is 2. The van der Waals surface area contributed by atoms with E-state index in [1.54, 1.807) is 11.3 Å². The molecule has 2 heterocycles. The number of imidazole rings is 1. The molecule has 3 aromatic rings. The third kappa shape index (κ3) is 3.45. The van der Waals surface area contributed by atoms with Crippen molar-refractivity contribution in [1.29, 1.82) is 0 Å². The number of nitrogens with zero attached hydrogens (tertiary/aromatic N) is 1. The van der Waals surface area contributed by atoms with Gasteiger partial charge in [0, 0.05) is 18.0 Å². The number of ether oxygens (including phenoxy) is 1. The van der Waals surface area contributed by atoms with Crippen molar-refractivity contribution in [2.24, 2.45) is 0 Å². The van der Waals surface area contributed by atoms with Gasteiger partial charge in [-0.15, -0.1) is 11.3 Å². The molecule has 2 N–H and O–H groups in total. The normalized spacial score (nSPS) is 11.2. The minimum Gasteiger partial charge on any atom is -0.372 e. The number of thiophene rings is 1. The fourth-order valence-electron chi connectivity index (χ4n) is 2.01. The van der Waals surface area contributed by atoms with Gasteiger partial charge in [-0.1, -0.05) is 18.2 Å². The van der Waals surface area contributed by atoms with Crippen molar-refractivity contribution in [1.82, 2.24) is 15.3 Å². The zero-order valence-electron chi connectivity index (χ0n) is 11.1. The summed E-state index contributed by atoms with van der Waals surface area (Å²) >= 11 is 1.77. The first-order valence-electron chi connectivity index (χ1n) is 6.66. The van der Waals surface area contributed by atoms with Crippen molar-refractivity contribution < 1.29 is 4.74 Å². The van der Waals surface area contributed by atoms with Crippen LogP contribution in [0.2, 0.25) is 0 Å². The maximum atomic E-state index is 5.62. The summed E-state index contributed by atoms with van der Waals surface area (Å²) in [6.07, 6.45) is 0. The Hall–Kier alpha value is -1.69. The number of rotatable bonds is 7. The van der Waals surface area contributed by atoms with Crippen molar-refractivity contribution in [3.63, 3.8) is 0 Å². The van der Waals surface area contributed by atoms with Gasteiger partial charge in [-0.05, 0) is 23.6 Å². The molecular weight excluding hydrogens is 270 g/mol. The van der Waals surface area contributed by atoms with E-state index in [2.05, 4.69) is 32.8 Å². The van der Waals surface area contributed by atoms with E-state index in [1.807, 2.05) is 24.3 Å². The maximum absolute atomic E-state index is 5.62. The van der Waals surface area contributed by atoms with E-state index >= 15 is 0 Å². The number of benzene rings is 1. The minimum atomic E-state index is 0.523. The van der Waals surface area contributed by atoms with Crippen LogP contribution in [0.4, 0.5) is 0 Å². The van der Waals surface area contributed by atoms with Crippen molar-refractivity contribution in [2.45, 2.75) is 13.2 Å². The highest BCUT2D eigenvalue weighted by molar-refractivity contribution is 7.09. The fraction of sp³-hybridized carbons (Fsp3) is 0.267. The molecule has 0 amide bonds. The second-order valence-electron chi connectivity index (χ2n) is 4.51. The smallest absolute Gasteiger partial charge is 0.133 e. The van der Waals surface area contributed by atoms with E-state index in [0.717, 1.165) is 29.9 Å². The zero-order valence-corrected chi connectivity index (χ0v) is 12.0. The molecule has 0 saturated carbocycles. The summed E-state index contributed by atoms with van der Waals surface area (Å²) < 4.78 is 5.62. The van der Waals surface area contributed by atoms with Crippen LogP contribution in [0.1, 0.15) is 10.7 Å². The van der Waals surface area contributed by atoms with Gasteiger partial charge in [-0.3, -0.25) is 0 Å². The summed E-state index contributed by atoms with van der Waals surface area (Å²) in [7, 11) is 0. The van der Waals surface area contributed by atoms with E-state index in [1.165, 1.54) is 4.88 Å². The summed E-state index contributed by atoms with van der Waals surface area (Å²) in [6.45, 7) is 2.96. The Balaban J connectivity index is 1.37. The molecule has 0 aliphatic carbocycles. The quantitative estimate of drug-likeness (QED) is 0.657. The topological polar surface area (TPSA) is 49.9 Å². The van der Waals surface area contributed by atoms with Gasteiger partial charge in [0.1, 0.15) is 12.4 Å². The van der Waals surface area contributed by atoms with E-state index in [9.17, 15) is 0 Å². The summed E-state index contributed by atoms with van der Waals surface area (Å²) in [5.41, 5.74) is 2.05. The number of hydrogen-bond acceptors (Lipinski definition) is 4. The van der Waals surface area contributed by atoms with Crippen LogP contribution in [-0.4, -0.2) is 23.1 Å². The van der Waals surface area contributed by atoms with Crippen LogP contribution in [-0.2, 0) is 17.9 Å². The summed E-state index contributed by atoms with van der Waals surface area (Å²) in [5.74, 6) is 0.879. The number of para-hydroxylation sites is 2.